The standard InChI is InChI=1S/C37H36N6O6/c1-21-33(36(44)38-15-13-23-19-40-30-11-9-25(48-3)17-28(23)30)35(27-7-5-6-8-32(27)43(46)47)34(22(2)42-21)37(45)39-16-14-24-20-41-31-12-10-26(49-4)18-29(24)31/h5-12,17-20,40-41H,13-16H2,1-4H3,(H,38,44)(H,39,45). The number of carbonyl (C=O) groups excluding carboxylic acids is 2. The maximum Gasteiger partial charge on any atom is 0.277 e. The molecule has 0 aliphatic heterocycles. The average molecular weight is 661 g/mol. The Morgan fingerprint density at radius 1 is 0.776 bits per heavy atom. The number of hydrogen-bond donors (Lipinski definition) is 4. The van der Waals surface area contributed by atoms with E-state index in [4.69, 9.17) is 9.47 Å². The van der Waals surface area contributed by atoms with E-state index >= 15 is 0 Å². The molecule has 0 saturated heterocycles. The van der Waals surface area contributed by atoms with Crippen molar-refractivity contribution in [2.45, 2.75) is 26.7 Å². The Balaban J connectivity index is 1.31. The van der Waals surface area contributed by atoms with Crippen molar-refractivity contribution in [3.63, 3.8) is 0 Å². The summed E-state index contributed by atoms with van der Waals surface area (Å²) in [6, 6.07) is 17.6. The molecule has 0 unspecified atom stereocenters. The number of benzene rings is 3. The second-order valence-corrected chi connectivity index (χ2v) is 11.6. The molecule has 3 heterocycles. The number of H-pyrrole nitrogens is 2. The van der Waals surface area contributed by atoms with Gasteiger partial charge < -0.3 is 30.1 Å². The van der Waals surface area contributed by atoms with Gasteiger partial charge in [-0.25, -0.2) is 0 Å². The first-order valence-electron chi connectivity index (χ1n) is 15.8. The van der Waals surface area contributed by atoms with Gasteiger partial charge >= 0.3 is 0 Å². The van der Waals surface area contributed by atoms with Crippen molar-refractivity contribution in [2.24, 2.45) is 0 Å². The molecule has 0 aliphatic rings. The molecule has 2 amide bonds. The Hall–Kier alpha value is -6.17. The minimum absolute atomic E-state index is 0.106. The molecule has 3 aromatic carbocycles. The summed E-state index contributed by atoms with van der Waals surface area (Å²) in [5.41, 5.74) is 4.87. The lowest BCUT2D eigenvalue weighted by atomic mass is 9.90. The van der Waals surface area contributed by atoms with Crippen LogP contribution in [0.15, 0.2) is 73.1 Å². The Labute approximate surface area is 282 Å². The molecule has 0 spiro atoms. The minimum Gasteiger partial charge on any atom is -0.497 e. The maximum atomic E-state index is 14.0. The molecule has 6 aromatic rings. The zero-order chi connectivity index (χ0) is 34.7. The lowest BCUT2D eigenvalue weighted by Crippen LogP contribution is -2.31. The zero-order valence-corrected chi connectivity index (χ0v) is 27.6. The van der Waals surface area contributed by atoms with Crippen molar-refractivity contribution >= 4 is 39.3 Å². The second kappa shape index (κ2) is 13.9. The molecule has 49 heavy (non-hydrogen) atoms. The fraction of sp³-hybridized carbons (Fsp3) is 0.216. The van der Waals surface area contributed by atoms with Gasteiger partial charge in [0.05, 0.1) is 47.2 Å². The molecule has 0 saturated carbocycles. The molecular weight excluding hydrogens is 624 g/mol. The Morgan fingerprint density at radius 3 is 1.73 bits per heavy atom. The summed E-state index contributed by atoms with van der Waals surface area (Å²) < 4.78 is 10.7. The fourth-order valence-corrected chi connectivity index (χ4v) is 6.30. The van der Waals surface area contributed by atoms with E-state index in [1.165, 1.54) is 6.07 Å². The van der Waals surface area contributed by atoms with Crippen LogP contribution in [0.4, 0.5) is 5.69 Å². The number of nitro benzene ring substituents is 1. The van der Waals surface area contributed by atoms with E-state index in [0.717, 1.165) is 44.4 Å². The molecule has 4 N–H and O–H groups in total. The van der Waals surface area contributed by atoms with Crippen molar-refractivity contribution in [3.8, 4) is 22.6 Å². The van der Waals surface area contributed by atoms with Crippen LogP contribution in [0.5, 0.6) is 11.5 Å². The summed E-state index contributed by atoms with van der Waals surface area (Å²) >= 11 is 0. The van der Waals surface area contributed by atoms with Gasteiger partial charge in [-0.15, -0.1) is 0 Å². The number of ether oxygens (including phenoxy) is 2. The molecule has 12 heteroatoms. The fourth-order valence-electron chi connectivity index (χ4n) is 6.30. The third-order valence-electron chi connectivity index (χ3n) is 8.69. The zero-order valence-electron chi connectivity index (χ0n) is 27.6. The minimum atomic E-state index is -0.514. The number of nitrogens with zero attached hydrogens (tertiary/aromatic N) is 2. The van der Waals surface area contributed by atoms with Crippen LogP contribution in [0.3, 0.4) is 0 Å². The first-order valence-corrected chi connectivity index (χ1v) is 15.8. The van der Waals surface area contributed by atoms with Crippen LogP contribution in [0.1, 0.15) is 43.2 Å². The van der Waals surface area contributed by atoms with Gasteiger partial charge in [0.1, 0.15) is 11.5 Å². The topological polar surface area (TPSA) is 164 Å². The highest BCUT2D eigenvalue weighted by Crippen LogP contribution is 2.37. The van der Waals surface area contributed by atoms with E-state index in [2.05, 4.69) is 25.6 Å². The van der Waals surface area contributed by atoms with E-state index in [1.54, 1.807) is 46.3 Å². The van der Waals surface area contributed by atoms with Crippen molar-refractivity contribution < 1.29 is 24.0 Å². The predicted octanol–water partition coefficient (Wildman–Crippen LogP) is 6.20. The molecule has 0 radical (unpaired) electrons. The summed E-state index contributed by atoms with van der Waals surface area (Å²) in [5.74, 6) is 0.468. The normalized spacial score (nSPS) is 11.1. The second-order valence-electron chi connectivity index (χ2n) is 11.6. The van der Waals surface area contributed by atoms with E-state index in [-0.39, 0.29) is 41.0 Å². The van der Waals surface area contributed by atoms with Crippen LogP contribution in [0, 0.1) is 24.0 Å². The van der Waals surface area contributed by atoms with Crippen LogP contribution in [-0.4, -0.2) is 59.0 Å². The SMILES string of the molecule is COc1ccc2[nH]cc(CCNC(=O)c3c(C)nc(C)c(C(=O)NCCc4c[nH]c5ccc(OC)cc45)c3-c3ccccc3[N+](=O)[O-])c2c1. The number of nitrogens with one attached hydrogen (secondary N) is 4. The molecule has 3 aromatic heterocycles. The Morgan fingerprint density at radius 2 is 1.27 bits per heavy atom. The van der Waals surface area contributed by atoms with Gasteiger partial charge in [-0.1, -0.05) is 12.1 Å². The van der Waals surface area contributed by atoms with Crippen LogP contribution < -0.4 is 20.1 Å². The van der Waals surface area contributed by atoms with Gasteiger partial charge in [0, 0.05) is 58.9 Å². The summed E-state index contributed by atoms with van der Waals surface area (Å²) in [5, 5.41) is 20.1. The van der Waals surface area contributed by atoms with E-state index in [9.17, 15) is 19.7 Å². The van der Waals surface area contributed by atoms with Crippen LogP contribution in [0.25, 0.3) is 32.9 Å². The number of fused-ring (bicyclic) bond motifs is 2. The molecule has 250 valence electrons. The number of hydrogen-bond acceptors (Lipinski definition) is 7. The molecule has 0 fully saturated rings. The van der Waals surface area contributed by atoms with Crippen molar-refractivity contribution in [1.82, 2.24) is 25.6 Å². The van der Waals surface area contributed by atoms with Gasteiger partial charge in [0.15, 0.2) is 0 Å². The molecule has 0 bridgehead atoms. The lowest BCUT2D eigenvalue weighted by molar-refractivity contribution is -0.384. The molecule has 12 nitrogen and oxygen atoms in total. The number of carbonyl (C=O) groups is 2. The van der Waals surface area contributed by atoms with Gasteiger partial charge in [-0.2, -0.15) is 0 Å². The molecular formula is C37H36N6O6. The Kier molecular flexibility index (Phi) is 9.29. The van der Waals surface area contributed by atoms with E-state index in [1.807, 2.05) is 48.8 Å². The first kappa shape index (κ1) is 32.8. The van der Waals surface area contributed by atoms with Gasteiger partial charge in [-0.05, 0) is 80.3 Å². The summed E-state index contributed by atoms with van der Waals surface area (Å²) in [7, 11) is 3.21. The quantitative estimate of drug-likeness (QED) is 0.0897. The number of aryl methyl sites for hydroxylation is 2. The number of rotatable bonds is 12. The summed E-state index contributed by atoms with van der Waals surface area (Å²) in [4.78, 5) is 50.7. The number of methoxy groups -OCH3 is 2. The monoisotopic (exact) mass is 660 g/mol. The number of aromatic amines is 2. The van der Waals surface area contributed by atoms with Crippen molar-refractivity contribution in [2.75, 3.05) is 27.3 Å². The van der Waals surface area contributed by atoms with Gasteiger partial charge in [0.2, 0.25) is 0 Å². The molecule has 0 atom stereocenters. The number of aromatic nitrogens is 3. The maximum absolute atomic E-state index is 14.0. The summed E-state index contributed by atoms with van der Waals surface area (Å²) in [6.07, 6.45) is 4.79. The first-order chi connectivity index (χ1) is 23.7. The molecule has 6 rings (SSSR count). The highest BCUT2D eigenvalue weighted by atomic mass is 16.6. The number of nitro groups is 1. The highest BCUT2D eigenvalue weighted by molar-refractivity contribution is 6.11. The smallest absolute Gasteiger partial charge is 0.277 e. The number of amides is 2. The highest BCUT2D eigenvalue weighted by Gasteiger charge is 2.30. The average Bonchev–Trinajstić information content (AvgIpc) is 3.70. The van der Waals surface area contributed by atoms with Crippen molar-refractivity contribution in [1.29, 1.82) is 0 Å². The van der Waals surface area contributed by atoms with Crippen LogP contribution in [0.2, 0.25) is 0 Å². The van der Waals surface area contributed by atoms with Crippen LogP contribution >= 0.6 is 0 Å². The third-order valence-corrected chi connectivity index (χ3v) is 8.69. The number of para-hydroxylation sites is 1. The number of pyridine rings is 1. The van der Waals surface area contributed by atoms with Crippen LogP contribution in [-0.2, 0) is 12.8 Å². The predicted molar refractivity (Wildman–Crippen MR) is 188 cm³/mol. The lowest BCUT2D eigenvalue weighted by Gasteiger charge is -2.19. The Bertz CT molecular complexity index is 2090. The molecule has 0 aliphatic carbocycles. The summed E-state index contributed by atoms with van der Waals surface area (Å²) in [6.45, 7) is 3.87. The van der Waals surface area contributed by atoms with Gasteiger partial charge in [-0.3, -0.25) is 24.7 Å². The van der Waals surface area contributed by atoms with E-state index < -0.39 is 16.7 Å². The van der Waals surface area contributed by atoms with Crippen molar-refractivity contribution in [3.05, 3.63) is 117 Å². The van der Waals surface area contributed by atoms with E-state index in [0.29, 0.717) is 24.2 Å². The largest absolute Gasteiger partial charge is 0.497 e. The van der Waals surface area contributed by atoms with Gasteiger partial charge in [0.25, 0.3) is 17.5 Å². The third kappa shape index (κ3) is 6.53.